The first-order chi connectivity index (χ1) is 8.78. The maximum absolute atomic E-state index is 3.69. The fourth-order valence-corrected chi connectivity index (χ4v) is 3.42. The Morgan fingerprint density at radius 1 is 1.05 bits per heavy atom. The molecule has 3 heteroatoms. The molecule has 1 saturated carbocycles. The number of nitrogens with one attached hydrogen (secondary N) is 1. The predicted octanol–water partition coefficient (Wildman–Crippen LogP) is 2.18. The topological polar surface area (TPSA) is 18.5 Å². The Labute approximate surface area is 119 Å². The number of piperazine rings is 1. The molecule has 0 radical (unpaired) electrons. The smallest absolute Gasteiger partial charge is 0.0195 e. The Bertz CT molecular complexity index is 285. The molecule has 0 aromatic heterocycles. The van der Waals surface area contributed by atoms with Gasteiger partial charge in [0.2, 0.25) is 0 Å². The molecule has 0 aromatic rings. The molecular formula is C16H33N3. The van der Waals surface area contributed by atoms with E-state index in [0.29, 0.717) is 12.1 Å². The van der Waals surface area contributed by atoms with Crippen LogP contribution in [-0.4, -0.2) is 60.1 Å². The molecule has 4 atom stereocenters. The quantitative estimate of drug-likeness (QED) is 0.845. The van der Waals surface area contributed by atoms with Crippen LogP contribution in [0.1, 0.15) is 47.5 Å². The van der Waals surface area contributed by atoms with Gasteiger partial charge in [0.1, 0.15) is 0 Å². The van der Waals surface area contributed by atoms with Crippen LogP contribution in [-0.2, 0) is 0 Å². The normalized spacial score (nSPS) is 38.2. The molecule has 112 valence electrons. The highest BCUT2D eigenvalue weighted by Gasteiger charge is 2.39. The summed E-state index contributed by atoms with van der Waals surface area (Å²) in [7, 11) is 2.27. The van der Waals surface area contributed by atoms with Crippen molar-refractivity contribution < 1.29 is 0 Å². The Kier molecular flexibility index (Phi) is 4.59. The van der Waals surface area contributed by atoms with Crippen LogP contribution in [0.2, 0.25) is 0 Å². The summed E-state index contributed by atoms with van der Waals surface area (Å²) in [6.07, 6.45) is 2.81. The van der Waals surface area contributed by atoms with Crippen molar-refractivity contribution in [3.63, 3.8) is 0 Å². The summed E-state index contributed by atoms with van der Waals surface area (Å²) < 4.78 is 0. The van der Waals surface area contributed by atoms with E-state index >= 15 is 0 Å². The molecule has 0 bridgehead atoms. The lowest BCUT2D eigenvalue weighted by Gasteiger charge is -2.51. The Balaban J connectivity index is 1.85. The second kappa shape index (κ2) is 5.71. The van der Waals surface area contributed by atoms with E-state index in [4.69, 9.17) is 0 Å². The molecule has 1 aliphatic heterocycles. The Morgan fingerprint density at radius 3 is 2.05 bits per heavy atom. The molecule has 1 heterocycles. The van der Waals surface area contributed by atoms with Gasteiger partial charge in [-0.15, -0.1) is 0 Å². The van der Waals surface area contributed by atoms with E-state index in [1.165, 1.54) is 32.5 Å². The minimum atomic E-state index is 0.253. The molecule has 2 fully saturated rings. The minimum absolute atomic E-state index is 0.253. The highest BCUT2D eigenvalue weighted by atomic mass is 15.3. The van der Waals surface area contributed by atoms with Crippen molar-refractivity contribution in [1.82, 2.24) is 15.1 Å². The first kappa shape index (κ1) is 15.3. The lowest BCUT2D eigenvalue weighted by atomic mass is 9.77. The molecular weight excluding hydrogens is 234 g/mol. The highest BCUT2D eigenvalue weighted by molar-refractivity contribution is 4.95. The van der Waals surface area contributed by atoms with Crippen molar-refractivity contribution in [3.8, 4) is 0 Å². The van der Waals surface area contributed by atoms with Crippen LogP contribution in [0.25, 0.3) is 0 Å². The van der Waals surface area contributed by atoms with E-state index < -0.39 is 0 Å². The van der Waals surface area contributed by atoms with Gasteiger partial charge in [0, 0.05) is 36.8 Å². The van der Waals surface area contributed by atoms with E-state index in [1.54, 1.807) is 0 Å². The fourth-order valence-electron chi connectivity index (χ4n) is 3.42. The van der Waals surface area contributed by atoms with Crippen molar-refractivity contribution in [3.05, 3.63) is 0 Å². The first-order valence-electron chi connectivity index (χ1n) is 7.99. The second-order valence-corrected chi connectivity index (χ2v) is 7.85. The van der Waals surface area contributed by atoms with Crippen molar-refractivity contribution >= 4 is 0 Å². The Hall–Kier alpha value is -0.120. The van der Waals surface area contributed by atoms with Gasteiger partial charge in [0.15, 0.2) is 0 Å². The van der Waals surface area contributed by atoms with Gasteiger partial charge < -0.3 is 5.32 Å². The van der Waals surface area contributed by atoms with Crippen LogP contribution in [0.3, 0.4) is 0 Å². The van der Waals surface area contributed by atoms with Crippen LogP contribution >= 0.6 is 0 Å². The zero-order chi connectivity index (χ0) is 14.2. The molecule has 0 amide bonds. The van der Waals surface area contributed by atoms with Gasteiger partial charge in [-0.05, 0) is 67.0 Å². The summed E-state index contributed by atoms with van der Waals surface area (Å²) >= 11 is 0. The largest absolute Gasteiger partial charge is 0.312 e. The first-order valence-corrected chi connectivity index (χ1v) is 7.99. The van der Waals surface area contributed by atoms with Gasteiger partial charge in [-0.25, -0.2) is 0 Å². The Morgan fingerprint density at radius 2 is 1.63 bits per heavy atom. The molecule has 1 saturated heterocycles. The van der Waals surface area contributed by atoms with Gasteiger partial charge in [0.25, 0.3) is 0 Å². The van der Waals surface area contributed by atoms with Crippen molar-refractivity contribution in [1.29, 1.82) is 0 Å². The van der Waals surface area contributed by atoms with E-state index in [1.807, 2.05) is 0 Å². The summed E-state index contributed by atoms with van der Waals surface area (Å²) in [6.45, 7) is 15.2. The average molecular weight is 267 g/mol. The maximum atomic E-state index is 3.69. The number of likely N-dealkylation sites (N-methyl/N-ethyl adjacent to an activating group) is 1. The summed E-state index contributed by atoms with van der Waals surface area (Å²) in [5.41, 5.74) is 0.253. The van der Waals surface area contributed by atoms with E-state index in [0.717, 1.165) is 12.0 Å². The number of nitrogens with zero attached hydrogens (tertiary/aromatic N) is 2. The number of rotatable bonds is 3. The lowest BCUT2D eigenvalue weighted by Crippen LogP contribution is -2.62. The monoisotopic (exact) mass is 267 g/mol. The van der Waals surface area contributed by atoms with Crippen molar-refractivity contribution in [2.45, 2.75) is 71.1 Å². The van der Waals surface area contributed by atoms with E-state index in [2.05, 4.69) is 56.8 Å². The second-order valence-electron chi connectivity index (χ2n) is 7.85. The molecule has 1 N–H and O–H groups in total. The lowest BCUT2D eigenvalue weighted by molar-refractivity contribution is -0.0180. The molecule has 2 aliphatic rings. The van der Waals surface area contributed by atoms with Crippen LogP contribution in [0.15, 0.2) is 0 Å². The highest BCUT2D eigenvalue weighted by Crippen LogP contribution is 2.34. The number of hydrogen-bond donors (Lipinski definition) is 1. The third-order valence-electron chi connectivity index (χ3n) is 5.13. The predicted molar refractivity (Wildman–Crippen MR) is 82.5 cm³/mol. The van der Waals surface area contributed by atoms with E-state index in [9.17, 15) is 0 Å². The zero-order valence-corrected chi connectivity index (χ0v) is 13.7. The maximum Gasteiger partial charge on any atom is 0.0195 e. The van der Waals surface area contributed by atoms with Crippen molar-refractivity contribution in [2.75, 3.05) is 26.7 Å². The summed E-state index contributed by atoms with van der Waals surface area (Å²) in [6, 6.07) is 2.22. The van der Waals surface area contributed by atoms with Crippen LogP contribution in [0, 0.1) is 5.92 Å². The molecule has 2 rings (SSSR count). The molecule has 0 aromatic carbocycles. The fraction of sp³-hybridized carbons (Fsp3) is 1.00. The molecule has 0 spiro atoms. The molecule has 3 nitrogen and oxygen atoms in total. The molecule has 1 aliphatic carbocycles. The minimum Gasteiger partial charge on any atom is -0.312 e. The number of hydrogen-bond acceptors (Lipinski definition) is 3. The third kappa shape index (κ3) is 3.71. The zero-order valence-electron chi connectivity index (χ0n) is 13.7. The third-order valence-corrected chi connectivity index (χ3v) is 5.13. The molecule has 19 heavy (non-hydrogen) atoms. The summed E-state index contributed by atoms with van der Waals surface area (Å²) in [4.78, 5) is 5.28. The van der Waals surface area contributed by atoms with Gasteiger partial charge in [-0.2, -0.15) is 0 Å². The van der Waals surface area contributed by atoms with Crippen molar-refractivity contribution in [2.24, 2.45) is 5.92 Å². The van der Waals surface area contributed by atoms with Crippen LogP contribution < -0.4 is 5.32 Å². The summed E-state index contributed by atoms with van der Waals surface area (Å²) in [5.74, 6) is 0.863. The van der Waals surface area contributed by atoms with Gasteiger partial charge in [-0.1, -0.05) is 0 Å². The standard InChI is InChI=1S/C16H33N3/c1-12-10-19(11-13(2)18(12)6)15-8-7-14(15)9-17-16(3,4)5/h12-15,17H,7-11H2,1-6H3. The van der Waals surface area contributed by atoms with Gasteiger partial charge in [-0.3, -0.25) is 9.80 Å². The van der Waals surface area contributed by atoms with Crippen LogP contribution in [0.4, 0.5) is 0 Å². The van der Waals surface area contributed by atoms with Gasteiger partial charge >= 0.3 is 0 Å². The van der Waals surface area contributed by atoms with E-state index in [-0.39, 0.29) is 5.54 Å². The van der Waals surface area contributed by atoms with Crippen LogP contribution in [0.5, 0.6) is 0 Å². The van der Waals surface area contributed by atoms with Gasteiger partial charge in [0.05, 0.1) is 0 Å². The SMILES string of the molecule is CC1CN(C2CCC2CNC(C)(C)C)CC(C)N1C. The molecule has 4 unspecified atom stereocenters. The summed E-state index contributed by atoms with van der Waals surface area (Å²) in [5, 5.41) is 3.69. The average Bonchev–Trinajstić information content (AvgIpc) is 2.22.